The second-order valence-electron chi connectivity index (χ2n) is 23.9. The maximum Gasteiger partial charge on any atom is 0.257 e. The van der Waals surface area contributed by atoms with Crippen LogP contribution in [0.4, 0.5) is 68.2 Å². The van der Waals surface area contributed by atoms with Crippen molar-refractivity contribution in [1.82, 2.24) is 9.13 Å². The average Bonchev–Trinajstić information content (AvgIpc) is 0.983. The molecule has 9 heteroatoms. The van der Waals surface area contributed by atoms with Crippen LogP contribution in [0.15, 0.2) is 283 Å². The van der Waals surface area contributed by atoms with E-state index >= 15 is 0 Å². The Bertz CT molecular complexity index is 5610. The second kappa shape index (κ2) is 16.7. The molecule has 0 spiro atoms. The molecule has 8 heterocycles. The van der Waals surface area contributed by atoms with Crippen LogP contribution in [0, 0.1) is 0 Å². The number of hydrogen-bond donors (Lipinski definition) is 0. The van der Waals surface area contributed by atoms with Gasteiger partial charge in [0.25, 0.3) is 13.4 Å². The Hall–Kier alpha value is -11.4. The van der Waals surface area contributed by atoms with Gasteiger partial charge in [-0.05, 0) is 142 Å². The van der Waals surface area contributed by atoms with Gasteiger partial charge in [-0.2, -0.15) is 0 Å². The summed E-state index contributed by atoms with van der Waals surface area (Å²) in [7, 11) is 0. The highest BCUT2D eigenvalue weighted by Crippen LogP contribution is 2.59. The number of aromatic nitrogens is 2. The molecule has 0 N–H and O–H groups in total. The predicted octanol–water partition coefficient (Wildman–Crippen LogP) is 16.3. The van der Waals surface area contributed by atoms with Crippen molar-refractivity contribution >= 4 is 180 Å². The van der Waals surface area contributed by atoms with Gasteiger partial charge >= 0.3 is 0 Å². The molecule has 400 valence electrons. The Balaban J connectivity index is 0.938. The van der Waals surface area contributed by atoms with Gasteiger partial charge in [-0.15, -0.1) is 0 Å². The zero-order chi connectivity index (χ0) is 56.3. The van der Waals surface area contributed by atoms with Gasteiger partial charge in [0.05, 0.1) is 44.8 Å². The summed E-state index contributed by atoms with van der Waals surface area (Å²) in [6, 6.07) is 104. The summed E-state index contributed by atoms with van der Waals surface area (Å²) >= 11 is 0. The molecule has 0 saturated heterocycles. The summed E-state index contributed by atoms with van der Waals surface area (Å²) in [6.45, 7) is -0.403. The molecule has 0 aliphatic carbocycles. The van der Waals surface area contributed by atoms with Gasteiger partial charge in [0.15, 0.2) is 0 Å². The largest absolute Gasteiger partial charge is 0.457 e. The van der Waals surface area contributed by atoms with Crippen LogP contribution in [-0.4, -0.2) is 22.6 Å². The molecule has 13 aromatic carbocycles. The Morgan fingerprint density at radius 1 is 0.241 bits per heavy atom. The molecular weight excluding hydrogens is 1060 g/mol. The third-order valence-corrected chi connectivity index (χ3v) is 19.7. The molecule has 0 atom stereocenters. The smallest absolute Gasteiger partial charge is 0.257 e. The van der Waals surface area contributed by atoms with Gasteiger partial charge in [0, 0.05) is 89.2 Å². The highest BCUT2D eigenvalue weighted by molar-refractivity contribution is 7.05. The van der Waals surface area contributed by atoms with Crippen LogP contribution in [-0.2, 0) is 0 Å². The normalized spacial score (nSPS) is 13.8. The number of para-hydroxylation sites is 9. The number of anilines is 12. The van der Waals surface area contributed by atoms with E-state index in [1.54, 1.807) is 0 Å². The van der Waals surface area contributed by atoms with Crippen LogP contribution >= 0.6 is 0 Å². The summed E-state index contributed by atoms with van der Waals surface area (Å²) in [4.78, 5) is 10.4. The average molecular weight is 1100 g/mol. The first kappa shape index (κ1) is 46.0. The fraction of sp³-hybridized carbons (Fsp3) is 0. The fourth-order valence-electron chi connectivity index (χ4n) is 16.4. The highest BCUT2D eigenvalue weighted by atomic mass is 16.3. The molecule has 21 rings (SSSR count). The molecule has 7 nitrogen and oxygen atoms in total. The van der Waals surface area contributed by atoms with Crippen molar-refractivity contribution in [3.8, 4) is 11.4 Å². The first-order valence-corrected chi connectivity index (χ1v) is 30.2. The monoisotopic (exact) mass is 1100 g/mol. The second-order valence-corrected chi connectivity index (χ2v) is 23.9. The summed E-state index contributed by atoms with van der Waals surface area (Å²) in [5.41, 5.74) is 30.0. The molecule has 0 saturated carbocycles. The summed E-state index contributed by atoms with van der Waals surface area (Å²) < 4.78 is 12.4. The van der Waals surface area contributed by atoms with E-state index in [0.717, 1.165) is 90.2 Å². The van der Waals surface area contributed by atoms with Crippen LogP contribution in [0.5, 0.6) is 0 Å². The van der Waals surface area contributed by atoms with E-state index in [1.807, 2.05) is 0 Å². The maximum absolute atomic E-state index is 7.43. The summed E-state index contributed by atoms with van der Waals surface area (Å²) in [6.07, 6.45) is 0. The van der Waals surface area contributed by atoms with Crippen molar-refractivity contribution in [2.75, 3.05) is 19.6 Å². The lowest BCUT2D eigenvalue weighted by Crippen LogP contribution is -2.69. The summed E-state index contributed by atoms with van der Waals surface area (Å²) in [5, 5.41) is 7.16. The fourth-order valence-corrected chi connectivity index (χ4v) is 16.4. The minimum absolute atomic E-state index is 0.144. The van der Waals surface area contributed by atoms with Gasteiger partial charge < -0.3 is 33.2 Å². The molecule has 0 fully saturated rings. The van der Waals surface area contributed by atoms with Gasteiger partial charge in [0.2, 0.25) is 0 Å². The molecular formula is C78H46B2N6O. The Morgan fingerprint density at radius 2 is 0.690 bits per heavy atom. The Morgan fingerprint density at radius 3 is 1.22 bits per heavy atom. The van der Waals surface area contributed by atoms with Gasteiger partial charge in [-0.3, -0.25) is 0 Å². The number of hydrogen-bond acceptors (Lipinski definition) is 5. The SMILES string of the molecule is c1ccc(N2c3cc(-n4c5ccccc5c5ccccc54)ccc3B3c4cccc5c4N4c6c3c2cc2c6B(c3ccc(-n6c7ccccc7c7ccccc76)cc3N2c2ccccc2)c2c4c(cc3c2oc2ccccc23)N5c2ccccc2)cc1. The van der Waals surface area contributed by atoms with Crippen molar-refractivity contribution in [3.05, 3.63) is 279 Å². The van der Waals surface area contributed by atoms with E-state index in [-0.39, 0.29) is 13.4 Å². The third-order valence-electron chi connectivity index (χ3n) is 19.7. The minimum Gasteiger partial charge on any atom is -0.457 e. The number of benzene rings is 13. The van der Waals surface area contributed by atoms with Crippen molar-refractivity contribution in [2.45, 2.75) is 0 Å². The van der Waals surface area contributed by atoms with E-state index in [9.17, 15) is 0 Å². The Labute approximate surface area is 500 Å². The predicted molar refractivity (Wildman–Crippen MR) is 364 cm³/mol. The number of furan rings is 1. The molecule has 5 aliphatic rings. The molecule has 0 radical (unpaired) electrons. The zero-order valence-electron chi connectivity index (χ0n) is 46.8. The van der Waals surface area contributed by atoms with Crippen molar-refractivity contribution in [3.63, 3.8) is 0 Å². The van der Waals surface area contributed by atoms with E-state index in [2.05, 4.69) is 308 Å². The van der Waals surface area contributed by atoms with Crippen molar-refractivity contribution < 1.29 is 4.42 Å². The molecule has 87 heavy (non-hydrogen) atoms. The lowest BCUT2D eigenvalue weighted by molar-refractivity contribution is 0.671. The van der Waals surface area contributed by atoms with Gasteiger partial charge in [-0.25, -0.2) is 0 Å². The third kappa shape index (κ3) is 5.83. The molecule has 5 aliphatic heterocycles. The van der Waals surface area contributed by atoms with E-state index in [0.29, 0.717) is 0 Å². The van der Waals surface area contributed by atoms with Crippen molar-refractivity contribution in [2.24, 2.45) is 0 Å². The number of fused-ring (bicyclic) bond motifs is 16. The van der Waals surface area contributed by atoms with Gasteiger partial charge in [-0.1, -0.05) is 170 Å². The first-order valence-electron chi connectivity index (χ1n) is 30.2. The van der Waals surface area contributed by atoms with E-state index < -0.39 is 0 Å². The van der Waals surface area contributed by atoms with E-state index in [1.165, 1.54) is 87.8 Å². The van der Waals surface area contributed by atoms with Crippen LogP contribution in [0.1, 0.15) is 0 Å². The molecule has 0 bridgehead atoms. The first-order chi connectivity index (χ1) is 43.2. The quantitative estimate of drug-likeness (QED) is 0.161. The lowest BCUT2D eigenvalue weighted by Gasteiger charge is -2.54. The van der Waals surface area contributed by atoms with Crippen molar-refractivity contribution in [1.29, 1.82) is 0 Å². The Kier molecular flexibility index (Phi) is 8.83. The molecule has 16 aromatic rings. The molecule has 3 aromatic heterocycles. The molecule has 0 amide bonds. The highest BCUT2D eigenvalue weighted by Gasteiger charge is 2.55. The number of rotatable bonds is 5. The van der Waals surface area contributed by atoms with Crippen LogP contribution in [0.2, 0.25) is 0 Å². The van der Waals surface area contributed by atoms with Gasteiger partial charge in [0.1, 0.15) is 11.2 Å². The van der Waals surface area contributed by atoms with E-state index in [4.69, 9.17) is 4.42 Å². The van der Waals surface area contributed by atoms with Crippen LogP contribution in [0.25, 0.3) is 76.9 Å². The minimum atomic E-state index is -0.258. The number of nitrogens with zero attached hydrogens (tertiary/aromatic N) is 6. The zero-order valence-corrected chi connectivity index (χ0v) is 46.8. The van der Waals surface area contributed by atoms with Crippen LogP contribution < -0.4 is 52.4 Å². The van der Waals surface area contributed by atoms with Crippen LogP contribution in [0.3, 0.4) is 0 Å². The standard InChI is InChI=1S/C78H46B2N6O/c1-4-21-47(22-5-1)81-65-37-20-32-60-75(65)86-76-70(81)45-57-56-31-14-19-38-71(56)87-78(57)74(76)80-59-42-40-51(85-63-35-17-12-29-54(63)55-30-13-18-36-64(55)85)44-67(59)83(49-25-8-3-9-26-49)69-46-68-72(77(86)73(69)80)79(60)58-41-39-50(43-66(58)82(68)48-23-6-2-7-24-48)84-61-33-15-10-27-52(61)53-28-11-16-34-62(53)84/h1-46H. The molecule has 0 unspecified atom stereocenters. The lowest BCUT2D eigenvalue weighted by atomic mass is 9.28. The maximum atomic E-state index is 7.43. The summed E-state index contributed by atoms with van der Waals surface area (Å²) in [5.74, 6) is 0. The topological polar surface area (TPSA) is 36.0 Å².